The van der Waals surface area contributed by atoms with E-state index in [1.54, 1.807) is 12.4 Å². The van der Waals surface area contributed by atoms with Crippen LogP contribution in [0.3, 0.4) is 0 Å². The fraction of sp³-hybridized carbons (Fsp3) is 0.643. The minimum Gasteiger partial charge on any atom is -0.399 e. The van der Waals surface area contributed by atoms with Crippen molar-refractivity contribution in [1.29, 1.82) is 0 Å². The highest BCUT2D eigenvalue weighted by molar-refractivity contribution is 6.63. The van der Waals surface area contributed by atoms with Gasteiger partial charge in [0, 0.05) is 17.9 Å². The highest BCUT2D eigenvalue weighted by Gasteiger charge is 2.52. The van der Waals surface area contributed by atoms with Crippen molar-refractivity contribution in [2.24, 2.45) is 0 Å². The molecule has 0 N–H and O–H groups in total. The first-order valence-electron chi connectivity index (χ1n) is 6.64. The van der Waals surface area contributed by atoms with E-state index >= 15 is 0 Å². The molecule has 0 aromatic carbocycles. The molecule has 3 nitrogen and oxygen atoms in total. The second-order valence-corrected chi connectivity index (χ2v) is 6.77. The maximum Gasteiger partial charge on any atom is 0.496 e. The molecule has 0 amide bonds. The van der Waals surface area contributed by atoms with Gasteiger partial charge < -0.3 is 9.31 Å². The number of aromatic nitrogens is 1. The molecule has 0 saturated carbocycles. The Morgan fingerprint density at radius 3 is 2.11 bits per heavy atom. The van der Waals surface area contributed by atoms with Crippen molar-refractivity contribution in [3.63, 3.8) is 0 Å². The molecule has 0 unspecified atom stereocenters. The summed E-state index contributed by atoms with van der Waals surface area (Å²) in [7, 11) is -0.409. The van der Waals surface area contributed by atoms with Crippen molar-refractivity contribution < 1.29 is 9.31 Å². The summed E-state index contributed by atoms with van der Waals surface area (Å²) < 4.78 is 12.2. The third-order valence-electron chi connectivity index (χ3n) is 4.05. The Hall–Kier alpha value is -0.575. The predicted octanol–water partition coefficient (Wildman–Crippen LogP) is 3.16. The smallest absolute Gasteiger partial charge is 0.399 e. The van der Waals surface area contributed by atoms with Gasteiger partial charge in [-0.05, 0) is 39.2 Å². The van der Waals surface area contributed by atoms with Gasteiger partial charge in [0.25, 0.3) is 0 Å². The second kappa shape index (κ2) is 4.76. The first-order valence-corrected chi connectivity index (χ1v) is 7.02. The van der Waals surface area contributed by atoms with Crippen LogP contribution in [-0.2, 0) is 9.31 Å². The molecule has 0 aliphatic carbocycles. The lowest BCUT2D eigenvalue weighted by Gasteiger charge is -2.32. The normalized spacial score (nSPS) is 21.2. The van der Waals surface area contributed by atoms with Crippen LogP contribution in [0.5, 0.6) is 0 Å². The van der Waals surface area contributed by atoms with Crippen LogP contribution in [-0.4, -0.2) is 23.3 Å². The molecule has 0 atom stereocenters. The van der Waals surface area contributed by atoms with Gasteiger partial charge in [-0.15, -0.1) is 0 Å². The molecule has 1 saturated heterocycles. The lowest BCUT2D eigenvalue weighted by Crippen LogP contribution is -2.41. The van der Waals surface area contributed by atoms with E-state index in [9.17, 15) is 0 Å². The third-order valence-corrected chi connectivity index (χ3v) is 4.36. The predicted molar refractivity (Wildman–Crippen MR) is 79.1 cm³/mol. The van der Waals surface area contributed by atoms with Crippen LogP contribution in [0, 0.1) is 0 Å². The highest BCUT2D eigenvalue weighted by Crippen LogP contribution is 2.37. The van der Waals surface area contributed by atoms with E-state index in [1.807, 2.05) is 27.7 Å². The van der Waals surface area contributed by atoms with Gasteiger partial charge in [0.15, 0.2) is 0 Å². The standard InChI is InChI=1S/C14H21BClNO2/c1-9(2)12-10(7-17-8-11(12)16)15-18-13(3,4)14(5,6)19-15/h7-9H,1-6H3. The summed E-state index contributed by atoms with van der Waals surface area (Å²) in [6.45, 7) is 12.4. The lowest BCUT2D eigenvalue weighted by atomic mass is 9.74. The monoisotopic (exact) mass is 281 g/mol. The van der Waals surface area contributed by atoms with Crippen molar-refractivity contribution in [2.75, 3.05) is 0 Å². The molecule has 0 radical (unpaired) electrons. The van der Waals surface area contributed by atoms with Crippen molar-refractivity contribution >= 4 is 24.2 Å². The molecule has 0 spiro atoms. The number of halogens is 1. The zero-order valence-corrected chi connectivity index (χ0v) is 13.2. The lowest BCUT2D eigenvalue weighted by molar-refractivity contribution is 0.00578. The average molecular weight is 282 g/mol. The number of rotatable bonds is 2. The SMILES string of the molecule is CC(C)c1c(Cl)cncc1B1OC(C)(C)C(C)(C)O1. The van der Waals surface area contributed by atoms with E-state index in [2.05, 4.69) is 18.8 Å². The molecule has 5 heteroatoms. The molecule has 1 aromatic rings. The Bertz CT molecular complexity index is 472. The summed E-state index contributed by atoms with van der Waals surface area (Å²) in [5.41, 5.74) is 1.28. The maximum atomic E-state index is 6.27. The fourth-order valence-electron chi connectivity index (χ4n) is 2.23. The number of hydrogen-bond acceptors (Lipinski definition) is 3. The molecule has 1 aromatic heterocycles. The number of hydrogen-bond donors (Lipinski definition) is 0. The molecule has 0 bridgehead atoms. The van der Waals surface area contributed by atoms with E-state index in [-0.39, 0.29) is 11.2 Å². The summed E-state index contributed by atoms with van der Waals surface area (Å²) in [5.74, 6) is 0.296. The summed E-state index contributed by atoms with van der Waals surface area (Å²) in [6, 6.07) is 0. The van der Waals surface area contributed by atoms with Crippen LogP contribution in [0.1, 0.15) is 53.0 Å². The zero-order chi connectivity index (χ0) is 14.4. The van der Waals surface area contributed by atoms with Crippen LogP contribution in [0.25, 0.3) is 0 Å². The molecule has 2 heterocycles. The van der Waals surface area contributed by atoms with Gasteiger partial charge in [-0.25, -0.2) is 0 Å². The quantitative estimate of drug-likeness (QED) is 0.780. The Morgan fingerprint density at radius 1 is 1.11 bits per heavy atom. The number of pyridine rings is 1. The van der Waals surface area contributed by atoms with Crippen LogP contribution >= 0.6 is 11.6 Å². The van der Waals surface area contributed by atoms with Crippen molar-refractivity contribution in [3.8, 4) is 0 Å². The first-order chi connectivity index (χ1) is 8.66. The molecule has 1 fully saturated rings. The summed E-state index contributed by atoms with van der Waals surface area (Å²) in [6.07, 6.45) is 3.47. The van der Waals surface area contributed by atoms with E-state index in [0.29, 0.717) is 10.9 Å². The third kappa shape index (κ3) is 2.54. The summed E-state index contributed by atoms with van der Waals surface area (Å²) in [4.78, 5) is 4.18. The van der Waals surface area contributed by atoms with Crippen molar-refractivity contribution in [3.05, 3.63) is 23.0 Å². The van der Waals surface area contributed by atoms with Crippen LogP contribution in [0.2, 0.25) is 5.02 Å². The van der Waals surface area contributed by atoms with E-state index < -0.39 is 7.12 Å². The minimum atomic E-state index is -0.409. The topological polar surface area (TPSA) is 31.4 Å². The molecule has 1 aliphatic rings. The summed E-state index contributed by atoms with van der Waals surface area (Å²) in [5, 5.41) is 0.669. The Labute approximate surface area is 120 Å². The van der Waals surface area contributed by atoms with Crippen molar-refractivity contribution in [1.82, 2.24) is 4.98 Å². The van der Waals surface area contributed by atoms with Crippen LogP contribution in [0.4, 0.5) is 0 Å². The summed E-state index contributed by atoms with van der Waals surface area (Å²) >= 11 is 6.27. The van der Waals surface area contributed by atoms with Crippen molar-refractivity contribution in [2.45, 2.75) is 58.7 Å². The fourth-order valence-corrected chi connectivity index (χ4v) is 2.61. The number of nitrogens with zero attached hydrogens (tertiary/aromatic N) is 1. The van der Waals surface area contributed by atoms with Gasteiger partial charge in [0.05, 0.1) is 16.2 Å². The van der Waals surface area contributed by atoms with Gasteiger partial charge >= 0.3 is 7.12 Å². The second-order valence-electron chi connectivity index (χ2n) is 6.37. The van der Waals surface area contributed by atoms with Crippen LogP contribution < -0.4 is 5.46 Å². The van der Waals surface area contributed by atoms with Gasteiger partial charge in [0.1, 0.15) is 0 Å². The van der Waals surface area contributed by atoms with E-state index in [0.717, 1.165) is 11.0 Å². The molecular formula is C14H21BClNO2. The van der Waals surface area contributed by atoms with Gasteiger partial charge in [0.2, 0.25) is 0 Å². The zero-order valence-electron chi connectivity index (χ0n) is 12.5. The Balaban J connectivity index is 2.43. The van der Waals surface area contributed by atoms with E-state index in [4.69, 9.17) is 20.9 Å². The Kier molecular flexibility index (Phi) is 3.71. The molecule has 19 heavy (non-hydrogen) atoms. The average Bonchev–Trinajstić information content (AvgIpc) is 2.47. The highest BCUT2D eigenvalue weighted by atomic mass is 35.5. The Morgan fingerprint density at radius 2 is 1.63 bits per heavy atom. The molecular weight excluding hydrogens is 260 g/mol. The first kappa shape index (κ1) is 14.8. The van der Waals surface area contributed by atoms with Gasteiger partial charge in [-0.1, -0.05) is 25.4 Å². The maximum absolute atomic E-state index is 6.27. The molecule has 1 aliphatic heterocycles. The van der Waals surface area contributed by atoms with Crippen LogP contribution in [0.15, 0.2) is 12.4 Å². The molecule has 104 valence electrons. The molecule has 2 rings (SSSR count). The van der Waals surface area contributed by atoms with Gasteiger partial charge in [-0.2, -0.15) is 0 Å². The van der Waals surface area contributed by atoms with E-state index in [1.165, 1.54) is 0 Å². The van der Waals surface area contributed by atoms with Gasteiger partial charge in [-0.3, -0.25) is 4.98 Å². The largest absolute Gasteiger partial charge is 0.496 e. The minimum absolute atomic E-state index is 0.296.